The summed E-state index contributed by atoms with van der Waals surface area (Å²) in [5.74, 6) is -0.544. The zero-order chi connectivity index (χ0) is 18.6. The smallest absolute Gasteiger partial charge is 0.335 e. The fourth-order valence-corrected chi connectivity index (χ4v) is 2.70. The highest BCUT2D eigenvalue weighted by atomic mass is 16.4. The van der Waals surface area contributed by atoms with Gasteiger partial charge in [0.15, 0.2) is 0 Å². The van der Waals surface area contributed by atoms with E-state index in [9.17, 15) is 4.79 Å². The molecule has 0 saturated heterocycles. The zero-order valence-corrected chi connectivity index (χ0v) is 14.3. The number of aromatic carboxylic acids is 1. The fourth-order valence-electron chi connectivity index (χ4n) is 2.70. The maximum atomic E-state index is 11.1. The third kappa shape index (κ3) is 3.74. The summed E-state index contributed by atoms with van der Waals surface area (Å²) in [6, 6.07) is 10.5. The zero-order valence-electron chi connectivity index (χ0n) is 14.3. The number of anilines is 1. The first-order valence-corrected chi connectivity index (χ1v) is 8.38. The minimum atomic E-state index is -1.00. The van der Waals surface area contributed by atoms with Crippen LogP contribution in [0.5, 0.6) is 0 Å². The highest BCUT2D eigenvalue weighted by Gasteiger charge is 2.08. The number of nitrogens with one attached hydrogen (secondary N) is 1. The van der Waals surface area contributed by atoms with Gasteiger partial charge < -0.3 is 14.8 Å². The molecule has 0 spiro atoms. The van der Waals surface area contributed by atoms with E-state index in [-0.39, 0.29) is 5.56 Å². The van der Waals surface area contributed by atoms with E-state index in [1.165, 1.54) is 18.3 Å². The van der Waals surface area contributed by atoms with Gasteiger partial charge in [-0.05, 0) is 30.3 Å². The van der Waals surface area contributed by atoms with E-state index in [4.69, 9.17) is 5.11 Å². The third-order valence-corrected chi connectivity index (χ3v) is 4.00. The number of aromatic nitrogens is 5. The second-order valence-electron chi connectivity index (χ2n) is 5.88. The molecule has 0 amide bonds. The Hall–Kier alpha value is -3.81. The molecule has 2 N–H and O–H groups in total. The van der Waals surface area contributed by atoms with Gasteiger partial charge in [-0.2, -0.15) is 0 Å². The molecule has 0 aliphatic rings. The van der Waals surface area contributed by atoms with Crippen LogP contribution >= 0.6 is 0 Å². The summed E-state index contributed by atoms with van der Waals surface area (Å²) in [7, 11) is 0. The van der Waals surface area contributed by atoms with Crippen molar-refractivity contribution in [1.82, 2.24) is 24.3 Å². The first kappa shape index (κ1) is 16.6. The molecule has 27 heavy (non-hydrogen) atoms. The van der Waals surface area contributed by atoms with Crippen molar-refractivity contribution in [3.8, 4) is 11.4 Å². The van der Waals surface area contributed by atoms with Crippen LogP contribution in [-0.4, -0.2) is 42.0 Å². The number of fused-ring (bicyclic) bond motifs is 1. The largest absolute Gasteiger partial charge is 0.478 e. The van der Waals surface area contributed by atoms with Crippen LogP contribution in [0.25, 0.3) is 17.0 Å². The highest BCUT2D eigenvalue weighted by molar-refractivity contribution is 5.88. The van der Waals surface area contributed by atoms with Gasteiger partial charge in [0.25, 0.3) is 0 Å². The van der Waals surface area contributed by atoms with Gasteiger partial charge in [0.2, 0.25) is 5.95 Å². The molecule has 0 unspecified atom stereocenters. The third-order valence-electron chi connectivity index (χ3n) is 4.00. The molecule has 0 fully saturated rings. The highest BCUT2D eigenvalue weighted by Crippen LogP contribution is 2.16. The maximum absolute atomic E-state index is 11.1. The van der Waals surface area contributed by atoms with Gasteiger partial charge in [-0.25, -0.2) is 19.7 Å². The Morgan fingerprint density at radius 2 is 1.96 bits per heavy atom. The number of pyridine rings is 2. The van der Waals surface area contributed by atoms with Crippen molar-refractivity contribution in [1.29, 1.82) is 0 Å². The molecule has 4 aromatic rings. The van der Waals surface area contributed by atoms with Crippen molar-refractivity contribution >= 4 is 17.6 Å². The lowest BCUT2D eigenvalue weighted by molar-refractivity contribution is 0.0697. The number of carbonyl (C=O) groups is 1. The molecule has 0 saturated carbocycles. The predicted octanol–water partition coefficient (Wildman–Crippen LogP) is 2.54. The van der Waals surface area contributed by atoms with Crippen molar-refractivity contribution in [2.45, 2.75) is 6.42 Å². The summed E-state index contributed by atoms with van der Waals surface area (Å²) in [5.41, 5.74) is 3.10. The van der Waals surface area contributed by atoms with E-state index < -0.39 is 5.97 Å². The molecule has 0 aromatic carbocycles. The summed E-state index contributed by atoms with van der Waals surface area (Å²) in [6.07, 6.45) is 7.75. The van der Waals surface area contributed by atoms with E-state index in [0.29, 0.717) is 23.9 Å². The number of nitrogens with zero attached hydrogens (tertiary/aromatic N) is 5. The van der Waals surface area contributed by atoms with Gasteiger partial charge in [0.1, 0.15) is 5.65 Å². The first-order chi connectivity index (χ1) is 13.2. The number of rotatable bonds is 6. The van der Waals surface area contributed by atoms with Crippen LogP contribution in [-0.2, 0) is 6.42 Å². The molecular weight excluding hydrogens is 344 g/mol. The minimum Gasteiger partial charge on any atom is -0.478 e. The Morgan fingerprint density at radius 1 is 1.07 bits per heavy atom. The summed E-state index contributed by atoms with van der Waals surface area (Å²) in [6.45, 7) is 0.621. The molecular formula is C19H16N6O2. The molecule has 0 radical (unpaired) electrons. The van der Waals surface area contributed by atoms with Gasteiger partial charge in [-0.1, -0.05) is 6.07 Å². The molecule has 4 aromatic heterocycles. The summed E-state index contributed by atoms with van der Waals surface area (Å²) in [5, 5.41) is 12.3. The van der Waals surface area contributed by atoms with Crippen molar-refractivity contribution in [3.63, 3.8) is 0 Å². The van der Waals surface area contributed by atoms with E-state index in [2.05, 4.69) is 25.3 Å². The van der Waals surface area contributed by atoms with Crippen molar-refractivity contribution in [3.05, 3.63) is 72.4 Å². The van der Waals surface area contributed by atoms with E-state index >= 15 is 0 Å². The van der Waals surface area contributed by atoms with Crippen molar-refractivity contribution in [2.24, 2.45) is 0 Å². The number of carboxylic acid groups (broad SMARTS) is 1. The normalized spacial score (nSPS) is 10.8. The van der Waals surface area contributed by atoms with Crippen LogP contribution in [0.15, 0.2) is 61.2 Å². The molecule has 4 heterocycles. The average Bonchev–Trinajstić information content (AvgIpc) is 3.11. The summed E-state index contributed by atoms with van der Waals surface area (Å²) >= 11 is 0. The Balaban J connectivity index is 1.45. The second-order valence-corrected chi connectivity index (χ2v) is 5.88. The van der Waals surface area contributed by atoms with E-state index in [1.807, 2.05) is 35.0 Å². The quantitative estimate of drug-likeness (QED) is 0.544. The number of carboxylic acids is 1. The average molecular weight is 360 g/mol. The van der Waals surface area contributed by atoms with Gasteiger partial charge in [-0.15, -0.1) is 0 Å². The van der Waals surface area contributed by atoms with Crippen LogP contribution in [0.1, 0.15) is 16.1 Å². The number of hydrogen-bond donors (Lipinski definition) is 2. The van der Waals surface area contributed by atoms with Crippen LogP contribution in [0.4, 0.5) is 5.95 Å². The van der Waals surface area contributed by atoms with Crippen molar-refractivity contribution in [2.75, 3.05) is 11.9 Å². The van der Waals surface area contributed by atoms with E-state index in [1.54, 1.807) is 12.3 Å². The van der Waals surface area contributed by atoms with E-state index in [0.717, 1.165) is 17.8 Å². The Kier molecular flexibility index (Phi) is 4.44. The first-order valence-electron chi connectivity index (χ1n) is 8.38. The second kappa shape index (κ2) is 7.20. The van der Waals surface area contributed by atoms with Crippen molar-refractivity contribution < 1.29 is 9.90 Å². The lowest BCUT2D eigenvalue weighted by atomic mass is 10.2. The summed E-state index contributed by atoms with van der Waals surface area (Å²) < 4.78 is 1.98. The molecule has 0 bridgehead atoms. The Bertz CT molecular complexity index is 1080. The summed E-state index contributed by atoms with van der Waals surface area (Å²) in [4.78, 5) is 28.5. The SMILES string of the molecule is O=C(O)c1ccnc(-c2ccnc(NCCc3cn4ccccc4n3)n2)c1. The molecule has 8 heteroatoms. The molecule has 0 atom stereocenters. The van der Waals surface area contributed by atoms with Gasteiger partial charge >= 0.3 is 5.97 Å². The maximum Gasteiger partial charge on any atom is 0.335 e. The number of imidazole rings is 1. The van der Waals surface area contributed by atoms with Crippen LogP contribution in [0, 0.1) is 0 Å². The molecule has 8 nitrogen and oxygen atoms in total. The molecule has 0 aliphatic carbocycles. The lowest BCUT2D eigenvalue weighted by Crippen LogP contribution is -2.08. The topological polar surface area (TPSA) is 105 Å². The van der Waals surface area contributed by atoms with Gasteiger partial charge in [0.05, 0.1) is 22.6 Å². The fraction of sp³-hybridized carbons (Fsp3) is 0.105. The standard InChI is InChI=1S/C19H16N6O2/c26-18(27)13-4-7-20-16(11-13)15-6-9-22-19(24-15)21-8-5-14-12-25-10-2-1-3-17(25)23-14/h1-4,6-7,9-12H,5,8H2,(H,26,27)(H,21,22,24). The molecule has 134 valence electrons. The number of hydrogen-bond acceptors (Lipinski definition) is 6. The van der Waals surface area contributed by atoms with Gasteiger partial charge in [0, 0.05) is 37.8 Å². The lowest BCUT2D eigenvalue weighted by Gasteiger charge is -2.06. The van der Waals surface area contributed by atoms with Crippen LogP contribution in [0.3, 0.4) is 0 Å². The minimum absolute atomic E-state index is 0.167. The van der Waals surface area contributed by atoms with Crippen LogP contribution < -0.4 is 5.32 Å². The molecule has 4 rings (SSSR count). The van der Waals surface area contributed by atoms with Crippen LogP contribution in [0.2, 0.25) is 0 Å². The van der Waals surface area contributed by atoms with Gasteiger partial charge in [-0.3, -0.25) is 4.98 Å². The predicted molar refractivity (Wildman–Crippen MR) is 99.6 cm³/mol. The molecule has 0 aliphatic heterocycles. The Labute approximate surface area is 154 Å². The Morgan fingerprint density at radius 3 is 2.81 bits per heavy atom. The monoisotopic (exact) mass is 360 g/mol.